The third kappa shape index (κ3) is 4.19. The lowest BCUT2D eigenvalue weighted by Crippen LogP contribution is -2.24. The Morgan fingerprint density at radius 1 is 1.25 bits per heavy atom. The van der Waals surface area contributed by atoms with Gasteiger partial charge in [0.25, 0.3) is 5.56 Å². The maximum Gasteiger partial charge on any atom is 0.290 e. The van der Waals surface area contributed by atoms with Gasteiger partial charge in [0.2, 0.25) is 5.88 Å². The molecule has 1 aliphatic carbocycles. The molecule has 2 atom stereocenters. The van der Waals surface area contributed by atoms with E-state index in [4.69, 9.17) is 4.74 Å². The summed E-state index contributed by atoms with van der Waals surface area (Å²) in [5.74, 6) is 1.31. The number of rotatable bonds is 7. The van der Waals surface area contributed by atoms with Gasteiger partial charge < -0.3 is 10.1 Å². The van der Waals surface area contributed by atoms with Crippen LogP contribution in [0, 0.1) is 12.8 Å². The van der Waals surface area contributed by atoms with Crippen molar-refractivity contribution >= 4 is 5.69 Å². The molecule has 0 aromatic carbocycles. The van der Waals surface area contributed by atoms with Gasteiger partial charge in [-0.3, -0.25) is 14.8 Å². The molecule has 28 heavy (non-hydrogen) atoms. The second-order valence-corrected chi connectivity index (χ2v) is 7.12. The number of aryl methyl sites for hydroxylation is 2. The van der Waals surface area contributed by atoms with Crippen LogP contribution in [-0.4, -0.2) is 26.4 Å². The summed E-state index contributed by atoms with van der Waals surface area (Å²) in [5.41, 5.74) is 3.27. The fraction of sp³-hybridized carbons (Fsp3) is 0.333. The molecule has 3 heterocycles. The van der Waals surface area contributed by atoms with Gasteiger partial charge in [-0.05, 0) is 37.6 Å². The van der Waals surface area contributed by atoms with E-state index < -0.39 is 0 Å². The van der Waals surface area contributed by atoms with Crippen molar-refractivity contribution in [2.75, 3.05) is 11.9 Å². The highest BCUT2D eigenvalue weighted by Crippen LogP contribution is 2.46. The first-order chi connectivity index (χ1) is 13.6. The van der Waals surface area contributed by atoms with Gasteiger partial charge in [-0.2, -0.15) is 0 Å². The van der Waals surface area contributed by atoms with E-state index >= 15 is 0 Å². The lowest BCUT2D eigenvalue weighted by Gasteiger charge is -2.10. The topological polar surface area (TPSA) is 81.9 Å². The highest BCUT2D eigenvalue weighted by Gasteiger charge is 2.40. The first-order valence-corrected chi connectivity index (χ1v) is 9.38. The Morgan fingerprint density at radius 3 is 2.93 bits per heavy atom. The van der Waals surface area contributed by atoms with Gasteiger partial charge in [-0.1, -0.05) is 12.1 Å². The van der Waals surface area contributed by atoms with E-state index in [0.29, 0.717) is 36.6 Å². The van der Waals surface area contributed by atoms with Crippen molar-refractivity contribution in [2.24, 2.45) is 13.0 Å². The highest BCUT2D eigenvalue weighted by atomic mass is 16.5. The van der Waals surface area contributed by atoms with Crippen molar-refractivity contribution in [3.05, 3.63) is 76.1 Å². The number of hydrogen-bond donors (Lipinski definition) is 1. The minimum atomic E-state index is -0.198. The quantitative estimate of drug-likeness (QED) is 0.682. The number of hydrogen-bond acceptors (Lipinski definition) is 6. The second kappa shape index (κ2) is 7.80. The average Bonchev–Trinajstić information content (AvgIpc) is 3.48. The molecule has 0 aliphatic heterocycles. The predicted molar refractivity (Wildman–Crippen MR) is 106 cm³/mol. The Morgan fingerprint density at radius 2 is 2.14 bits per heavy atom. The lowest BCUT2D eigenvalue weighted by molar-refractivity contribution is 0.278. The Bertz CT molecular complexity index is 1020. The fourth-order valence-corrected chi connectivity index (χ4v) is 3.22. The summed E-state index contributed by atoms with van der Waals surface area (Å²) in [6, 6.07) is 13.5. The highest BCUT2D eigenvalue weighted by molar-refractivity contribution is 5.43. The summed E-state index contributed by atoms with van der Waals surface area (Å²) < 4.78 is 7.18. The van der Waals surface area contributed by atoms with E-state index in [1.54, 1.807) is 19.3 Å². The average molecular weight is 377 g/mol. The molecule has 0 spiro atoms. The zero-order valence-corrected chi connectivity index (χ0v) is 16.0. The zero-order chi connectivity index (χ0) is 19.5. The molecule has 3 aromatic heterocycles. The van der Waals surface area contributed by atoms with Crippen LogP contribution in [0.25, 0.3) is 0 Å². The van der Waals surface area contributed by atoms with Gasteiger partial charge in [0, 0.05) is 42.5 Å². The summed E-state index contributed by atoms with van der Waals surface area (Å²) in [6.45, 7) is 3.03. The smallest absolute Gasteiger partial charge is 0.290 e. The molecule has 144 valence electrons. The van der Waals surface area contributed by atoms with Crippen LogP contribution in [0.5, 0.6) is 5.88 Å². The van der Waals surface area contributed by atoms with E-state index in [1.807, 2.05) is 37.3 Å². The van der Waals surface area contributed by atoms with Crippen LogP contribution in [0.4, 0.5) is 5.69 Å². The number of aromatic nitrogens is 4. The second-order valence-electron chi connectivity index (χ2n) is 7.12. The van der Waals surface area contributed by atoms with Crippen LogP contribution >= 0.6 is 0 Å². The van der Waals surface area contributed by atoms with Crippen LogP contribution in [0.2, 0.25) is 0 Å². The molecule has 7 heteroatoms. The minimum absolute atomic E-state index is 0.198. The number of anilines is 1. The monoisotopic (exact) mass is 377 g/mol. The molecule has 4 rings (SSSR count). The zero-order valence-electron chi connectivity index (χ0n) is 16.0. The van der Waals surface area contributed by atoms with Crippen LogP contribution in [-0.2, 0) is 13.6 Å². The molecule has 1 saturated carbocycles. The molecule has 3 aromatic rings. The van der Waals surface area contributed by atoms with Crippen molar-refractivity contribution < 1.29 is 4.74 Å². The maximum absolute atomic E-state index is 12.3. The largest absolute Gasteiger partial charge is 0.476 e. The van der Waals surface area contributed by atoms with Gasteiger partial charge in [-0.15, -0.1) is 5.10 Å². The molecule has 0 saturated heterocycles. The fourth-order valence-electron chi connectivity index (χ4n) is 3.22. The van der Waals surface area contributed by atoms with Gasteiger partial charge >= 0.3 is 0 Å². The van der Waals surface area contributed by atoms with Gasteiger partial charge in [0.1, 0.15) is 5.69 Å². The molecule has 0 amide bonds. The molecule has 1 N–H and O–H groups in total. The van der Waals surface area contributed by atoms with Gasteiger partial charge in [0.05, 0.1) is 18.8 Å². The minimum Gasteiger partial charge on any atom is -0.476 e. The third-order valence-corrected chi connectivity index (χ3v) is 4.88. The Hall–Kier alpha value is -3.22. The van der Waals surface area contributed by atoms with Gasteiger partial charge in [-0.25, -0.2) is 4.68 Å². The van der Waals surface area contributed by atoms with E-state index in [2.05, 4.69) is 26.4 Å². The normalized spacial score (nSPS) is 17.9. The lowest BCUT2D eigenvalue weighted by atomic mass is 10.2. The summed E-state index contributed by atoms with van der Waals surface area (Å²) in [7, 11) is 1.62. The molecular weight excluding hydrogens is 354 g/mol. The Kier molecular flexibility index (Phi) is 5.06. The van der Waals surface area contributed by atoms with E-state index in [-0.39, 0.29) is 5.56 Å². The van der Waals surface area contributed by atoms with Gasteiger partial charge in [0.15, 0.2) is 0 Å². The van der Waals surface area contributed by atoms with Crippen molar-refractivity contribution in [2.45, 2.75) is 25.8 Å². The summed E-state index contributed by atoms with van der Waals surface area (Å²) in [4.78, 5) is 21.2. The summed E-state index contributed by atoms with van der Waals surface area (Å²) >= 11 is 0. The SMILES string of the molecule is Cc1cccc([C@H]2C[C@@H]2COc2cc(NCc3ccccn3)c(=O)n(C)n2)n1. The molecule has 1 aliphatic rings. The van der Waals surface area contributed by atoms with E-state index in [9.17, 15) is 4.79 Å². The molecule has 0 unspecified atom stereocenters. The number of nitrogens with zero attached hydrogens (tertiary/aromatic N) is 4. The number of pyridine rings is 2. The number of nitrogens with one attached hydrogen (secondary N) is 1. The third-order valence-electron chi connectivity index (χ3n) is 4.88. The maximum atomic E-state index is 12.3. The first kappa shape index (κ1) is 18.2. The molecule has 1 fully saturated rings. The summed E-state index contributed by atoms with van der Waals surface area (Å²) in [6.07, 6.45) is 2.79. The standard InChI is InChI=1S/C21H23N5O2/c1-14-6-5-8-18(24-14)17-10-15(17)13-28-20-11-19(21(27)26(2)25-20)23-12-16-7-3-4-9-22-16/h3-9,11,15,17,23H,10,12-13H2,1-2H3/t15-,17+/m1/s1. The molecule has 0 bridgehead atoms. The van der Waals surface area contributed by atoms with Crippen LogP contribution in [0.3, 0.4) is 0 Å². The number of ether oxygens (including phenoxy) is 1. The van der Waals surface area contributed by atoms with Crippen LogP contribution in [0.15, 0.2) is 53.5 Å². The van der Waals surface area contributed by atoms with Crippen molar-refractivity contribution in [1.82, 2.24) is 19.7 Å². The van der Waals surface area contributed by atoms with Crippen molar-refractivity contribution in [3.63, 3.8) is 0 Å². The Balaban J connectivity index is 1.38. The molecule has 7 nitrogen and oxygen atoms in total. The van der Waals surface area contributed by atoms with Crippen LogP contribution < -0.4 is 15.6 Å². The Labute approximate surface area is 163 Å². The summed E-state index contributed by atoms with van der Waals surface area (Å²) in [5, 5.41) is 7.34. The predicted octanol–water partition coefficient (Wildman–Crippen LogP) is 2.67. The van der Waals surface area contributed by atoms with Crippen LogP contribution in [0.1, 0.15) is 29.4 Å². The first-order valence-electron chi connectivity index (χ1n) is 9.38. The van der Waals surface area contributed by atoms with E-state index in [1.165, 1.54) is 4.68 Å². The van der Waals surface area contributed by atoms with E-state index in [0.717, 1.165) is 23.5 Å². The molecule has 0 radical (unpaired) electrons. The molecular formula is C21H23N5O2. The van der Waals surface area contributed by atoms with Crippen molar-refractivity contribution in [1.29, 1.82) is 0 Å². The van der Waals surface area contributed by atoms with Crippen molar-refractivity contribution in [3.8, 4) is 5.88 Å².